The van der Waals surface area contributed by atoms with Crippen LogP contribution in [-0.4, -0.2) is 82.8 Å². The van der Waals surface area contributed by atoms with Crippen molar-refractivity contribution < 1.29 is 22.9 Å². The van der Waals surface area contributed by atoms with Crippen molar-refractivity contribution in [3.63, 3.8) is 0 Å². The number of nitrogens with zero attached hydrogens (tertiary/aromatic N) is 2. The lowest BCUT2D eigenvalue weighted by molar-refractivity contribution is -0.896. The Kier molecular flexibility index (Phi) is 7.34. The Hall–Kier alpha value is -1.97. The molecule has 0 unspecified atom stereocenters. The molecule has 1 aliphatic rings. The van der Waals surface area contributed by atoms with Crippen molar-refractivity contribution in [2.24, 2.45) is 0 Å². The number of rotatable bonds is 7. The number of hydrogen-bond donors (Lipinski definition) is 2. The molecule has 27 heavy (non-hydrogen) atoms. The van der Waals surface area contributed by atoms with Gasteiger partial charge in [0.05, 0.1) is 31.1 Å². The minimum absolute atomic E-state index is 0.0354. The predicted octanol–water partition coefficient (Wildman–Crippen LogP) is -1.20. The number of sulfonamides is 1. The van der Waals surface area contributed by atoms with E-state index in [0.29, 0.717) is 44.8 Å². The number of carbonyl (C=O) groups excluding carboxylic acids is 2. The van der Waals surface area contributed by atoms with Gasteiger partial charge in [0.15, 0.2) is 6.54 Å². The predicted molar refractivity (Wildman–Crippen MR) is 102 cm³/mol. The van der Waals surface area contributed by atoms with Crippen molar-refractivity contribution in [1.29, 1.82) is 0 Å². The number of amides is 2. The Morgan fingerprint density at radius 2 is 1.89 bits per heavy atom. The van der Waals surface area contributed by atoms with Gasteiger partial charge in [-0.15, -0.1) is 0 Å². The van der Waals surface area contributed by atoms with E-state index < -0.39 is 10.0 Å². The third-order valence-electron chi connectivity index (χ3n) is 4.60. The molecule has 8 nitrogen and oxygen atoms in total. The summed E-state index contributed by atoms with van der Waals surface area (Å²) >= 11 is 0. The molecular weight excluding hydrogens is 368 g/mol. The molecule has 2 N–H and O–H groups in total. The molecule has 2 rings (SSSR count). The molecule has 1 aromatic carbocycles. The van der Waals surface area contributed by atoms with Gasteiger partial charge in [-0.2, -0.15) is 0 Å². The summed E-state index contributed by atoms with van der Waals surface area (Å²) in [7, 11) is -0.658. The first-order valence-corrected chi connectivity index (χ1v) is 10.6. The maximum absolute atomic E-state index is 12.7. The van der Waals surface area contributed by atoms with E-state index in [1.165, 1.54) is 26.2 Å². The van der Waals surface area contributed by atoms with E-state index in [1.807, 2.05) is 6.92 Å². The normalized spacial score (nSPS) is 15.8. The van der Waals surface area contributed by atoms with E-state index in [4.69, 9.17) is 0 Å². The molecule has 1 saturated heterocycles. The van der Waals surface area contributed by atoms with Gasteiger partial charge in [-0.3, -0.25) is 9.59 Å². The first-order chi connectivity index (χ1) is 12.8. The molecule has 0 atom stereocenters. The first kappa shape index (κ1) is 21.3. The zero-order chi connectivity index (χ0) is 20.0. The number of carbonyl (C=O) groups is 2. The van der Waals surface area contributed by atoms with E-state index in [2.05, 4.69) is 5.32 Å². The van der Waals surface area contributed by atoms with Gasteiger partial charge in [-0.25, -0.2) is 12.7 Å². The molecule has 1 heterocycles. The Balaban J connectivity index is 1.97. The molecule has 1 aliphatic heterocycles. The molecule has 0 aromatic heterocycles. The summed E-state index contributed by atoms with van der Waals surface area (Å²) in [4.78, 5) is 27.5. The second-order valence-corrected chi connectivity index (χ2v) is 9.04. The van der Waals surface area contributed by atoms with E-state index in [-0.39, 0.29) is 16.7 Å². The van der Waals surface area contributed by atoms with E-state index in [9.17, 15) is 18.0 Å². The molecular formula is C18H29N4O4S+. The second kappa shape index (κ2) is 9.29. The summed E-state index contributed by atoms with van der Waals surface area (Å²) in [5.74, 6) is -0.145. The van der Waals surface area contributed by atoms with Gasteiger partial charge in [-0.05, 0) is 24.6 Å². The number of nitrogens with one attached hydrogen (secondary N) is 2. The van der Waals surface area contributed by atoms with Crippen LogP contribution in [0.5, 0.6) is 0 Å². The van der Waals surface area contributed by atoms with Crippen molar-refractivity contribution in [2.45, 2.75) is 18.2 Å². The summed E-state index contributed by atoms with van der Waals surface area (Å²) in [5, 5.41) is 2.87. The molecule has 0 aliphatic carbocycles. The van der Waals surface area contributed by atoms with E-state index in [0.717, 1.165) is 15.6 Å². The Morgan fingerprint density at radius 3 is 2.48 bits per heavy atom. The monoisotopic (exact) mass is 397 g/mol. The van der Waals surface area contributed by atoms with Crippen molar-refractivity contribution in [3.8, 4) is 0 Å². The number of piperazine rings is 1. The Labute approximate surface area is 161 Å². The van der Waals surface area contributed by atoms with Gasteiger partial charge < -0.3 is 15.1 Å². The van der Waals surface area contributed by atoms with Crippen LogP contribution in [0.25, 0.3) is 0 Å². The summed E-state index contributed by atoms with van der Waals surface area (Å²) in [6, 6.07) is 6.13. The van der Waals surface area contributed by atoms with Gasteiger partial charge in [-0.1, -0.05) is 13.0 Å². The highest BCUT2D eigenvalue weighted by Gasteiger charge is 2.27. The zero-order valence-corrected chi connectivity index (χ0v) is 17.0. The highest BCUT2D eigenvalue weighted by molar-refractivity contribution is 7.89. The fourth-order valence-electron chi connectivity index (χ4n) is 2.94. The topological polar surface area (TPSA) is 91.2 Å². The maximum Gasteiger partial charge on any atom is 0.275 e. The summed E-state index contributed by atoms with van der Waals surface area (Å²) in [5.41, 5.74) is 0.363. The number of benzene rings is 1. The summed E-state index contributed by atoms with van der Waals surface area (Å²) < 4.78 is 25.7. The molecule has 0 saturated carbocycles. The van der Waals surface area contributed by atoms with Crippen LogP contribution in [0.4, 0.5) is 0 Å². The second-order valence-electron chi connectivity index (χ2n) is 6.88. The molecule has 1 aromatic rings. The van der Waals surface area contributed by atoms with Crippen LogP contribution in [0.15, 0.2) is 29.2 Å². The minimum atomic E-state index is -3.58. The summed E-state index contributed by atoms with van der Waals surface area (Å²) in [6.45, 7) is 5.58. The average Bonchev–Trinajstić information content (AvgIpc) is 2.66. The van der Waals surface area contributed by atoms with Crippen molar-refractivity contribution in [1.82, 2.24) is 14.5 Å². The Bertz CT molecular complexity index is 771. The van der Waals surface area contributed by atoms with Gasteiger partial charge in [0, 0.05) is 26.2 Å². The maximum atomic E-state index is 12.7. The lowest BCUT2D eigenvalue weighted by Crippen LogP contribution is -3.15. The fraction of sp³-hybridized carbons (Fsp3) is 0.556. The van der Waals surface area contributed by atoms with Crippen LogP contribution < -0.4 is 10.2 Å². The zero-order valence-electron chi connectivity index (χ0n) is 16.2. The quantitative estimate of drug-likeness (QED) is 0.605. The molecule has 2 amide bonds. The van der Waals surface area contributed by atoms with Crippen LogP contribution >= 0.6 is 0 Å². The Morgan fingerprint density at radius 1 is 1.22 bits per heavy atom. The van der Waals surface area contributed by atoms with Gasteiger partial charge in [0.1, 0.15) is 0 Å². The first-order valence-electron chi connectivity index (χ1n) is 9.18. The van der Waals surface area contributed by atoms with E-state index in [1.54, 1.807) is 17.0 Å². The molecule has 0 spiro atoms. The largest absolute Gasteiger partial charge is 0.351 e. The average molecular weight is 398 g/mol. The number of hydrogen-bond acceptors (Lipinski definition) is 4. The molecule has 1 fully saturated rings. The highest BCUT2D eigenvalue weighted by atomic mass is 32.2. The SMILES string of the molecule is CCCNC(=O)C[NH+]1CCN(C(=O)c2cccc(S(=O)(=O)N(C)C)c2)CC1. The van der Waals surface area contributed by atoms with Crippen LogP contribution in [0.1, 0.15) is 23.7 Å². The van der Waals surface area contributed by atoms with Crippen LogP contribution in [-0.2, 0) is 14.8 Å². The van der Waals surface area contributed by atoms with Gasteiger partial charge >= 0.3 is 0 Å². The lowest BCUT2D eigenvalue weighted by Gasteiger charge is -2.32. The third kappa shape index (κ3) is 5.50. The lowest BCUT2D eigenvalue weighted by atomic mass is 10.2. The standard InChI is InChI=1S/C18H28N4O4S/c1-4-8-19-17(23)14-21-9-11-22(12-10-21)18(24)15-6-5-7-16(13-15)27(25,26)20(2)3/h5-7,13H,4,8-12,14H2,1-3H3,(H,19,23)/p+1. The molecule has 0 bridgehead atoms. The number of quaternary nitrogens is 1. The van der Waals surface area contributed by atoms with Crippen LogP contribution in [0, 0.1) is 0 Å². The molecule has 0 radical (unpaired) electrons. The van der Waals surface area contributed by atoms with Crippen LogP contribution in [0.2, 0.25) is 0 Å². The highest BCUT2D eigenvalue weighted by Crippen LogP contribution is 2.16. The van der Waals surface area contributed by atoms with Crippen molar-refractivity contribution >= 4 is 21.8 Å². The minimum Gasteiger partial charge on any atom is -0.351 e. The van der Waals surface area contributed by atoms with Crippen molar-refractivity contribution in [3.05, 3.63) is 29.8 Å². The molecule has 150 valence electrons. The summed E-state index contributed by atoms with van der Waals surface area (Å²) in [6.07, 6.45) is 0.909. The van der Waals surface area contributed by atoms with Gasteiger partial charge in [0.2, 0.25) is 10.0 Å². The molecule has 9 heteroatoms. The smallest absolute Gasteiger partial charge is 0.275 e. The fourth-order valence-corrected chi connectivity index (χ4v) is 3.89. The third-order valence-corrected chi connectivity index (χ3v) is 6.41. The van der Waals surface area contributed by atoms with E-state index >= 15 is 0 Å². The van der Waals surface area contributed by atoms with Gasteiger partial charge in [0.25, 0.3) is 11.8 Å². The van der Waals surface area contributed by atoms with Crippen LogP contribution in [0.3, 0.4) is 0 Å². The van der Waals surface area contributed by atoms with Crippen molar-refractivity contribution in [2.75, 3.05) is 53.4 Å².